The highest BCUT2D eigenvalue weighted by atomic mass is 35.5. The summed E-state index contributed by atoms with van der Waals surface area (Å²) in [6.45, 7) is 0.204. The van der Waals surface area contributed by atoms with Crippen molar-refractivity contribution in [1.82, 2.24) is 10.2 Å². The van der Waals surface area contributed by atoms with Gasteiger partial charge in [-0.1, -0.05) is 11.6 Å². The van der Waals surface area contributed by atoms with E-state index in [9.17, 15) is 13.2 Å². The SMILES string of the molecule is FC(F)(F)CCCNc1ccc(Cl)nn1. The Morgan fingerprint density at radius 1 is 1.27 bits per heavy atom. The van der Waals surface area contributed by atoms with Gasteiger partial charge in [0.15, 0.2) is 5.15 Å². The molecule has 1 N–H and O–H groups in total. The van der Waals surface area contributed by atoms with Crippen LogP contribution >= 0.6 is 11.6 Å². The number of hydrogen-bond donors (Lipinski definition) is 1. The third-order valence-corrected chi connectivity index (χ3v) is 1.78. The van der Waals surface area contributed by atoms with E-state index >= 15 is 0 Å². The molecule has 0 saturated heterocycles. The van der Waals surface area contributed by atoms with Crippen molar-refractivity contribution in [3.05, 3.63) is 17.3 Å². The maximum atomic E-state index is 11.8. The Morgan fingerprint density at radius 3 is 2.53 bits per heavy atom. The van der Waals surface area contributed by atoms with Crippen LogP contribution in [0.3, 0.4) is 0 Å². The smallest absolute Gasteiger partial charge is 0.369 e. The second-order valence-electron chi connectivity index (χ2n) is 2.89. The molecule has 1 heterocycles. The van der Waals surface area contributed by atoms with Gasteiger partial charge in [0.05, 0.1) is 0 Å². The van der Waals surface area contributed by atoms with E-state index in [1.165, 1.54) is 6.07 Å². The van der Waals surface area contributed by atoms with Crippen molar-refractivity contribution < 1.29 is 13.2 Å². The van der Waals surface area contributed by atoms with Crippen molar-refractivity contribution in [1.29, 1.82) is 0 Å². The Morgan fingerprint density at radius 2 is 2.00 bits per heavy atom. The van der Waals surface area contributed by atoms with Crippen molar-refractivity contribution in [2.75, 3.05) is 11.9 Å². The van der Waals surface area contributed by atoms with Crippen molar-refractivity contribution >= 4 is 17.4 Å². The zero-order valence-electron chi connectivity index (χ0n) is 7.68. The van der Waals surface area contributed by atoms with Crippen LogP contribution < -0.4 is 5.32 Å². The summed E-state index contributed by atoms with van der Waals surface area (Å²) in [5.41, 5.74) is 0. The van der Waals surface area contributed by atoms with E-state index in [4.69, 9.17) is 11.6 Å². The Bertz CT molecular complexity index is 299. The summed E-state index contributed by atoms with van der Waals surface area (Å²) in [4.78, 5) is 0. The molecule has 84 valence electrons. The minimum Gasteiger partial charge on any atom is -0.369 e. The largest absolute Gasteiger partial charge is 0.389 e. The molecule has 0 bridgehead atoms. The predicted octanol–water partition coefficient (Wildman–Crippen LogP) is 2.88. The summed E-state index contributed by atoms with van der Waals surface area (Å²) < 4.78 is 35.3. The van der Waals surface area contributed by atoms with Crippen molar-refractivity contribution in [2.24, 2.45) is 0 Å². The molecule has 0 aliphatic carbocycles. The first-order valence-corrected chi connectivity index (χ1v) is 4.65. The van der Waals surface area contributed by atoms with Gasteiger partial charge < -0.3 is 5.32 Å². The number of alkyl halides is 3. The highest BCUT2D eigenvalue weighted by Gasteiger charge is 2.25. The monoisotopic (exact) mass is 239 g/mol. The maximum absolute atomic E-state index is 11.8. The molecule has 1 aromatic rings. The average molecular weight is 240 g/mol. The Balaban J connectivity index is 2.23. The van der Waals surface area contributed by atoms with E-state index in [1.807, 2.05) is 0 Å². The quantitative estimate of drug-likeness (QED) is 0.821. The van der Waals surface area contributed by atoms with Gasteiger partial charge >= 0.3 is 6.18 Å². The molecular formula is C8H9ClF3N3. The van der Waals surface area contributed by atoms with Crippen molar-refractivity contribution in [3.8, 4) is 0 Å². The Labute approximate surface area is 89.6 Å². The highest BCUT2D eigenvalue weighted by molar-refractivity contribution is 6.29. The van der Waals surface area contributed by atoms with Gasteiger partial charge in [0.25, 0.3) is 0 Å². The zero-order chi connectivity index (χ0) is 11.3. The van der Waals surface area contributed by atoms with Gasteiger partial charge in [-0.2, -0.15) is 13.2 Å². The van der Waals surface area contributed by atoms with Crippen LogP contribution in [-0.4, -0.2) is 22.9 Å². The van der Waals surface area contributed by atoms with Gasteiger partial charge in [-0.25, -0.2) is 0 Å². The first-order chi connectivity index (χ1) is 6.97. The second kappa shape index (κ2) is 5.16. The molecule has 0 radical (unpaired) electrons. The molecule has 15 heavy (non-hydrogen) atoms. The minimum absolute atomic E-state index is 0.00774. The average Bonchev–Trinajstić information content (AvgIpc) is 2.14. The third kappa shape index (κ3) is 5.41. The molecule has 0 aliphatic rings. The summed E-state index contributed by atoms with van der Waals surface area (Å²) in [7, 11) is 0. The number of rotatable bonds is 4. The topological polar surface area (TPSA) is 37.8 Å². The van der Waals surface area contributed by atoms with Gasteiger partial charge in [0.1, 0.15) is 5.82 Å². The van der Waals surface area contributed by atoms with Crippen molar-refractivity contribution in [2.45, 2.75) is 19.0 Å². The van der Waals surface area contributed by atoms with E-state index < -0.39 is 12.6 Å². The number of halogens is 4. The van der Waals surface area contributed by atoms with Gasteiger partial charge in [0, 0.05) is 13.0 Å². The fourth-order valence-electron chi connectivity index (χ4n) is 0.916. The number of anilines is 1. The second-order valence-corrected chi connectivity index (χ2v) is 3.27. The number of aromatic nitrogens is 2. The molecule has 0 aliphatic heterocycles. The fourth-order valence-corrected chi connectivity index (χ4v) is 1.02. The van der Waals surface area contributed by atoms with E-state index in [0.717, 1.165) is 0 Å². The first-order valence-electron chi connectivity index (χ1n) is 4.27. The normalized spacial score (nSPS) is 11.5. The van der Waals surface area contributed by atoms with Crippen LogP contribution in [0.5, 0.6) is 0 Å². The summed E-state index contributed by atoms with van der Waals surface area (Å²) in [6, 6.07) is 3.07. The highest BCUT2D eigenvalue weighted by Crippen LogP contribution is 2.21. The Hall–Kier alpha value is -1.04. The first kappa shape index (κ1) is 12.0. The molecule has 1 aromatic heterocycles. The molecule has 3 nitrogen and oxygen atoms in total. The number of hydrogen-bond acceptors (Lipinski definition) is 3. The molecule has 1 rings (SSSR count). The molecule has 7 heteroatoms. The zero-order valence-corrected chi connectivity index (χ0v) is 8.44. The Kier molecular flexibility index (Phi) is 4.14. The lowest BCUT2D eigenvalue weighted by Gasteiger charge is -2.07. The molecule has 0 unspecified atom stereocenters. The van der Waals surface area contributed by atoms with E-state index in [1.54, 1.807) is 6.07 Å². The summed E-state index contributed by atoms with van der Waals surface area (Å²) in [5.74, 6) is 0.418. The van der Waals surface area contributed by atoms with Gasteiger partial charge in [0.2, 0.25) is 0 Å². The van der Waals surface area contributed by atoms with Crippen LogP contribution in [0, 0.1) is 0 Å². The molecule has 0 amide bonds. The van der Waals surface area contributed by atoms with Crippen LogP contribution in [0.25, 0.3) is 0 Å². The van der Waals surface area contributed by atoms with E-state index in [2.05, 4.69) is 15.5 Å². The minimum atomic E-state index is -4.10. The molecular weight excluding hydrogens is 231 g/mol. The van der Waals surface area contributed by atoms with Crippen LogP contribution in [-0.2, 0) is 0 Å². The molecule has 0 fully saturated rings. The van der Waals surface area contributed by atoms with E-state index in [0.29, 0.717) is 5.82 Å². The maximum Gasteiger partial charge on any atom is 0.389 e. The number of nitrogens with one attached hydrogen (secondary N) is 1. The molecule has 0 aromatic carbocycles. The lowest BCUT2D eigenvalue weighted by Crippen LogP contribution is -2.11. The van der Waals surface area contributed by atoms with Gasteiger partial charge in [-0.15, -0.1) is 10.2 Å². The lowest BCUT2D eigenvalue weighted by molar-refractivity contribution is -0.134. The van der Waals surface area contributed by atoms with Crippen molar-refractivity contribution in [3.63, 3.8) is 0 Å². The predicted molar refractivity (Wildman–Crippen MR) is 50.8 cm³/mol. The standard InChI is InChI=1S/C8H9ClF3N3/c9-6-2-3-7(15-14-6)13-5-1-4-8(10,11)12/h2-3H,1,4-5H2,(H,13,15). The lowest BCUT2D eigenvalue weighted by atomic mass is 10.3. The summed E-state index contributed by atoms with van der Waals surface area (Å²) in [5, 5.41) is 10.1. The number of nitrogens with zero attached hydrogens (tertiary/aromatic N) is 2. The van der Waals surface area contributed by atoms with Crippen LogP contribution in [0.2, 0.25) is 5.15 Å². The summed E-state index contributed by atoms with van der Waals surface area (Å²) >= 11 is 5.48. The fraction of sp³-hybridized carbons (Fsp3) is 0.500. The molecule has 0 saturated carbocycles. The van der Waals surface area contributed by atoms with Crippen LogP contribution in [0.15, 0.2) is 12.1 Å². The van der Waals surface area contributed by atoms with E-state index in [-0.39, 0.29) is 18.1 Å². The van der Waals surface area contributed by atoms with Gasteiger partial charge in [-0.05, 0) is 18.6 Å². The molecule has 0 atom stereocenters. The molecule has 0 spiro atoms. The third-order valence-electron chi connectivity index (χ3n) is 1.58. The van der Waals surface area contributed by atoms with Crippen LogP contribution in [0.4, 0.5) is 19.0 Å². The summed E-state index contributed by atoms with van der Waals surface area (Å²) in [6.07, 6.45) is -4.90. The van der Waals surface area contributed by atoms with Crippen LogP contribution in [0.1, 0.15) is 12.8 Å². The van der Waals surface area contributed by atoms with Gasteiger partial charge in [-0.3, -0.25) is 0 Å².